The predicted octanol–water partition coefficient (Wildman–Crippen LogP) is 2.69. The van der Waals surface area contributed by atoms with E-state index in [1.54, 1.807) is 18.2 Å². The van der Waals surface area contributed by atoms with Crippen molar-refractivity contribution in [3.8, 4) is 5.75 Å². The molecule has 0 aliphatic rings. The second-order valence-corrected chi connectivity index (χ2v) is 7.91. The van der Waals surface area contributed by atoms with Gasteiger partial charge in [-0.2, -0.15) is 0 Å². The number of hydrogen-bond acceptors (Lipinski definition) is 3. The van der Waals surface area contributed by atoms with Gasteiger partial charge in [0.1, 0.15) is 0 Å². The van der Waals surface area contributed by atoms with Gasteiger partial charge >= 0.3 is 111 Å². The van der Waals surface area contributed by atoms with Crippen molar-refractivity contribution in [3.05, 3.63) is 35.9 Å². The molecule has 0 fully saturated rings. The molecule has 0 saturated heterocycles. The van der Waals surface area contributed by atoms with Gasteiger partial charge in [-0.1, -0.05) is 0 Å². The maximum absolute atomic E-state index is 12.4. The van der Waals surface area contributed by atoms with Crippen LogP contribution in [-0.2, 0) is 7.67 Å². The molecule has 2 aromatic rings. The Morgan fingerprint density at radius 2 is 1.94 bits per heavy atom. The zero-order valence-electron chi connectivity index (χ0n) is 12.5. The summed E-state index contributed by atoms with van der Waals surface area (Å²) in [5, 5.41) is -1.07. The third-order valence-electron chi connectivity index (χ3n) is 2.87. The monoisotopic (exact) mass is 313 g/mol. The van der Waals surface area contributed by atoms with Crippen LogP contribution in [0, 0.1) is 6.92 Å². The third-order valence-corrected chi connectivity index (χ3v) is 5.96. The predicted molar refractivity (Wildman–Crippen MR) is 72.5 cm³/mol. The first kappa shape index (κ1) is 10.5. The van der Waals surface area contributed by atoms with Gasteiger partial charge in [0.2, 0.25) is 0 Å². The van der Waals surface area contributed by atoms with E-state index >= 15 is 0 Å². The fourth-order valence-corrected chi connectivity index (χ4v) is 3.87. The first-order valence-electron chi connectivity index (χ1n) is 6.50. The first-order chi connectivity index (χ1) is 9.18. The number of ether oxygens (including phenoxy) is 1. The molecule has 0 aliphatic heterocycles. The van der Waals surface area contributed by atoms with E-state index < -0.39 is 18.0 Å². The molecule has 0 amide bonds. The molecule has 2 rings (SSSR count). The molecule has 96 valence electrons. The van der Waals surface area contributed by atoms with Crippen LogP contribution in [0.1, 0.15) is 15.2 Å². The van der Waals surface area contributed by atoms with Crippen molar-refractivity contribution in [3.63, 3.8) is 0 Å². The van der Waals surface area contributed by atoms with Crippen LogP contribution >= 0.6 is 0 Å². The second kappa shape index (κ2) is 4.71. The number of rotatable bonds is 3. The summed E-state index contributed by atoms with van der Waals surface area (Å²) >= 11 is -4.93. The van der Waals surface area contributed by atoms with E-state index in [9.17, 15) is 7.67 Å². The SMILES string of the molecule is [1H][13C]([1H])(C)[Se](=O)(=O)c1ccc(OC)c2ccc(C)cc12. The Morgan fingerprint density at radius 3 is 2.56 bits per heavy atom. The summed E-state index contributed by atoms with van der Waals surface area (Å²) in [6.45, 7) is 2.95. The molecule has 0 saturated carbocycles. The Morgan fingerprint density at radius 1 is 1.22 bits per heavy atom. The van der Waals surface area contributed by atoms with Gasteiger partial charge in [0.15, 0.2) is 0 Å². The fraction of sp³-hybridized carbons (Fsp3) is 0.286. The zero-order valence-corrected chi connectivity index (χ0v) is 12.2. The average Bonchev–Trinajstić information content (AvgIpc) is 2.35. The first-order valence-corrected chi connectivity index (χ1v) is 8.61. The Kier molecular flexibility index (Phi) is 2.76. The zero-order chi connectivity index (χ0) is 15.1. The molecule has 0 aromatic heterocycles. The van der Waals surface area contributed by atoms with E-state index in [4.69, 9.17) is 7.48 Å². The van der Waals surface area contributed by atoms with Crippen molar-refractivity contribution in [1.29, 1.82) is 0 Å². The van der Waals surface area contributed by atoms with Crippen molar-refractivity contribution in [2.24, 2.45) is 0 Å². The Labute approximate surface area is 111 Å². The van der Waals surface area contributed by atoms with Gasteiger partial charge in [-0.25, -0.2) is 0 Å². The molecule has 0 aliphatic carbocycles. The summed E-state index contributed by atoms with van der Waals surface area (Å²) in [7, 11) is 1.52. The Hall–Kier alpha value is -1.38. The van der Waals surface area contributed by atoms with Crippen LogP contribution in [-0.4, -0.2) is 19.8 Å². The van der Waals surface area contributed by atoms with Gasteiger partial charge in [0.25, 0.3) is 0 Å². The van der Waals surface area contributed by atoms with E-state index in [0.29, 0.717) is 16.5 Å². The van der Waals surface area contributed by atoms with Crippen LogP contribution in [0.15, 0.2) is 30.3 Å². The normalized spacial score (nSPS) is 14.2. The second-order valence-electron chi connectivity index (χ2n) is 4.02. The summed E-state index contributed by atoms with van der Waals surface area (Å²) in [4.78, 5) is 0. The summed E-state index contributed by atoms with van der Waals surface area (Å²) in [5.74, 6) is 0.577. The molecule has 2 aromatic carbocycles. The molecule has 18 heavy (non-hydrogen) atoms. The molecule has 0 spiro atoms. The maximum atomic E-state index is 12.4. The molecular weight excluding hydrogens is 296 g/mol. The Balaban J connectivity index is 2.89. The Bertz CT molecular complexity index is 762. The van der Waals surface area contributed by atoms with Gasteiger partial charge in [0.05, 0.1) is 0 Å². The van der Waals surface area contributed by atoms with E-state index in [2.05, 4.69) is 0 Å². The number of benzene rings is 2. The van der Waals surface area contributed by atoms with Gasteiger partial charge in [-0.3, -0.25) is 0 Å². The molecule has 0 bridgehead atoms. The third kappa shape index (κ3) is 2.14. The quantitative estimate of drug-likeness (QED) is 0.646. The molecular formula is C14H16O3Se. The van der Waals surface area contributed by atoms with Crippen LogP contribution in [0.25, 0.3) is 10.8 Å². The van der Waals surface area contributed by atoms with Gasteiger partial charge in [0, 0.05) is 0 Å². The van der Waals surface area contributed by atoms with Crippen molar-refractivity contribution in [2.75, 3.05) is 7.11 Å². The summed E-state index contributed by atoms with van der Waals surface area (Å²) < 4.78 is 45.3. The molecule has 0 N–H and O–H groups in total. The van der Waals surface area contributed by atoms with E-state index in [1.807, 2.05) is 13.0 Å². The summed E-state index contributed by atoms with van der Waals surface area (Å²) in [6, 6.07) is 8.42. The van der Waals surface area contributed by atoms with E-state index in [0.717, 1.165) is 12.5 Å². The summed E-state index contributed by atoms with van der Waals surface area (Å²) in [6.07, 6.45) is 0. The number of fused-ring (bicyclic) bond motifs is 1. The van der Waals surface area contributed by atoms with Crippen molar-refractivity contribution >= 4 is 27.9 Å². The molecule has 0 atom stereocenters. The molecule has 0 unspecified atom stereocenters. The van der Waals surface area contributed by atoms with Crippen LogP contribution in [0.4, 0.5) is 0 Å². The van der Waals surface area contributed by atoms with Gasteiger partial charge < -0.3 is 0 Å². The number of aryl methyl sites for hydroxylation is 1. The van der Waals surface area contributed by atoms with Crippen LogP contribution in [0.3, 0.4) is 0 Å². The van der Waals surface area contributed by atoms with Crippen LogP contribution < -0.4 is 9.20 Å². The van der Waals surface area contributed by atoms with Crippen molar-refractivity contribution in [2.45, 2.75) is 19.1 Å². The van der Waals surface area contributed by atoms with Crippen LogP contribution in [0.2, 0.25) is 5.27 Å². The molecule has 0 radical (unpaired) electrons. The van der Waals surface area contributed by atoms with Crippen molar-refractivity contribution in [1.82, 2.24) is 0 Å². The fourth-order valence-electron chi connectivity index (χ4n) is 1.93. The molecule has 0 heterocycles. The standard InChI is InChI=1S/C14H16O3Se/c1-4-18(15,16)14-8-7-13(17-3)11-6-5-10(2)9-12(11)14/h5-9H,4H2,1-3H3/i4+1H2. The molecule has 3 nitrogen and oxygen atoms in total. The van der Waals surface area contributed by atoms with E-state index in [-0.39, 0.29) is 4.46 Å². The van der Waals surface area contributed by atoms with Gasteiger partial charge in [-0.05, 0) is 0 Å². The minimum atomic E-state index is -4.93. The minimum absolute atomic E-state index is 0.0632. The molecule has 4 heteroatoms. The number of hydrogen-bond donors (Lipinski definition) is 0. The number of methoxy groups -OCH3 is 1. The van der Waals surface area contributed by atoms with E-state index in [1.165, 1.54) is 13.2 Å². The van der Waals surface area contributed by atoms with Gasteiger partial charge in [-0.15, -0.1) is 0 Å². The summed E-state index contributed by atoms with van der Waals surface area (Å²) in [5.41, 5.74) is 0.913. The van der Waals surface area contributed by atoms with Crippen LogP contribution in [0.5, 0.6) is 5.75 Å². The topological polar surface area (TPSA) is 43.4 Å². The average molecular weight is 312 g/mol. The van der Waals surface area contributed by atoms with Crippen molar-refractivity contribution < 1.29 is 15.1 Å².